The van der Waals surface area contributed by atoms with E-state index in [-0.39, 0.29) is 5.82 Å². The summed E-state index contributed by atoms with van der Waals surface area (Å²) in [5.74, 6) is -0.666. The second-order valence-electron chi connectivity index (χ2n) is 8.14. The third-order valence-corrected chi connectivity index (χ3v) is 7.44. The van der Waals surface area contributed by atoms with E-state index in [0.717, 1.165) is 4.90 Å². The molecule has 2 heterocycles. The molecule has 1 atom stereocenters. The SMILES string of the molecule is O=C1NC(c2ccccc2)(c2ccccc2)C(=O)N1CC(=O)N1CCS[C@@H]1c1ccccc1F. The summed E-state index contributed by atoms with van der Waals surface area (Å²) in [5.41, 5.74) is 0.203. The highest BCUT2D eigenvalue weighted by Gasteiger charge is 2.54. The molecule has 2 aliphatic heterocycles. The van der Waals surface area contributed by atoms with E-state index in [2.05, 4.69) is 5.32 Å². The summed E-state index contributed by atoms with van der Waals surface area (Å²) in [5, 5.41) is 2.35. The van der Waals surface area contributed by atoms with E-state index in [1.165, 1.54) is 22.7 Å². The maximum atomic E-state index is 14.4. The molecule has 5 rings (SSSR count). The molecule has 0 bridgehead atoms. The number of urea groups is 1. The smallest absolute Gasteiger partial charge is 0.324 e. The van der Waals surface area contributed by atoms with Crippen LogP contribution in [0.1, 0.15) is 22.1 Å². The summed E-state index contributed by atoms with van der Waals surface area (Å²) in [7, 11) is 0. The van der Waals surface area contributed by atoms with Crippen molar-refractivity contribution >= 4 is 29.6 Å². The standard InChI is InChI=1S/C26H22FN3O3S/c27-21-14-8-7-13-20(21)23-29(15-16-34-23)22(31)17-30-24(32)26(28-25(30)33,18-9-3-1-4-10-18)19-11-5-2-6-12-19/h1-14,23H,15-17H2,(H,28,33)/t23-/m1/s1. The van der Waals surface area contributed by atoms with Crippen LogP contribution < -0.4 is 5.32 Å². The largest absolute Gasteiger partial charge is 0.326 e. The molecule has 3 aromatic rings. The second kappa shape index (κ2) is 8.95. The van der Waals surface area contributed by atoms with Gasteiger partial charge in [0.2, 0.25) is 5.91 Å². The van der Waals surface area contributed by atoms with Gasteiger partial charge in [0.1, 0.15) is 17.7 Å². The van der Waals surface area contributed by atoms with Gasteiger partial charge in [0.15, 0.2) is 5.54 Å². The molecule has 0 spiro atoms. The van der Waals surface area contributed by atoms with Crippen molar-refractivity contribution in [1.29, 1.82) is 0 Å². The quantitative estimate of drug-likeness (QED) is 0.569. The molecule has 172 valence electrons. The van der Waals surface area contributed by atoms with E-state index >= 15 is 0 Å². The predicted molar refractivity (Wildman–Crippen MR) is 127 cm³/mol. The van der Waals surface area contributed by atoms with Crippen LogP contribution in [-0.2, 0) is 15.1 Å². The molecule has 0 aromatic heterocycles. The van der Waals surface area contributed by atoms with Gasteiger partial charge in [0.25, 0.3) is 5.91 Å². The van der Waals surface area contributed by atoms with Gasteiger partial charge >= 0.3 is 6.03 Å². The van der Waals surface area contributed by atoms with E-state index in [4.69, 9.17) is 0 Å². The first kappa shape index (κ1) is 22.2. The third-order valence-electron chi connectivity index (χ3n) is 6.20. The average molecular weight is 476 g/mol. The molecule has 2 saturated heterocycles. The first-order valence-corrected chi connectivity index (χ1v) is 12.0. The van der Waals surface area contributed by atoms with Crippen molar-refractivity contribution in [3.8, 4) is 0 Å². The molecule has 0 saturated carbocycles. The molecule has 0 aliphatic carbocycles. The van der Waals surface area contributed by atoms with Crippen LogP contribution in [0.25, 0.3) is 0 Å². The molecule has 8 heteroatoms. The summed E-state index contributed by atoms with van der Waals surface area (Å²) in [6.45, 7) is -0.00768. The van der Waals surface area contributed by atoms with Crippen LogP contribution in [-0.4, -0.2) is 46.5 Å². The van der Waals surface area contributed by atoms with Crippen LogP contribution in [0.15, 0.2) is 84.9 Å². The normalized spacial score (nSPS) is 19.4. The third kappa shape index (κ3) is 3.64. The lowest BCUT2D eigenvalue weighted by Gasteiger charge is -2.29. The lowest BCUT2D eigenvalue weighted by molar-refractivity contribution is -0.138. The van der Waals surface area contributed by atoms with Gasteiger partial charge in [-0.3, -0.25) is 14.5 Å². The molecule has 4 amide bonds. The van der Waals surface area contributed by atoms with Crippen molar-refractivity contribution < 1.29 is 18.8 Å². The Bertz CT molecular complexity index is 1200. The Labute approximate surface area is 200 Å². The molecule has 34 heavy (non-hydrogen) atoms. The highest BCUT2D eigenvalue weighted by molar-refractivity contribution is 7.99. The van der Waals surface area contributed by atoms with Gasteiger partial charge in [0.05, 0.1) is 0 Å². The Kier molecular flexibility index (Phi) is 5.83. The number of nitrogens with one attached hydrogen (secondary N) is 1. The van der Waals surface area contributed by atoms with Gasteiger partial charge in [-0.05, 0) is 17.2 Å². The number of hydrogen-bond acceptors (Lipinski definition) is 4. The number of thioether (sulfide) groups is 1. The molecule has 2 aliphatic rings. The Balaban J connectivity index is 1.45. The van der Waals surface area contributed by atoms with Gasteiger partial charge < -0.3 is 10.2 Å². The van der Waals surface area contributed by atoms with Crippen molar-refractivity contribution in [2.45, 2.75) is 10.9 Å². The monoisotopic (exact) mass is 475 g/mol. The van der Waals surface area contributed by atoms with Gasteiger partial charge in [-0.25, -0.2) is 9.18 Å². The Hall–Kier alpha value is -3.65. The van der Waals surface area contributed by atoms with E-state index in [0.29, 0.717) is 29.0 Å². The number of imide groups is 1. The zero-order chi connectivity index (χ0) is 23.7. The molecule has 0 radical (unpaired) electrons. The van der Waals surface area contributed by atoms with E-state index in [9.17, 15) is 18.8 Å². The molecular weight excluding hydrogens is 453 g/mol. The van der Waals surface area contributed by atoms with Gasteiger partial charge in [-0.2, -0.15) is 0 Å². The summed E-state index contributed by atoms with van der Waals surface area (Å²) < 4.78 is 14.4. The minimum absolute atomic E-state index is 0.387. The molecular formula is C26H22FN3O3S. The van der Waals surface area contributed by atoms with Gasteiger partial charge in [0, 0.05) is 17.9 Å². The number of amides is 4. The number of nitrogens with zero attached hydrogens (tertiary/aromatic N) is 2. The Morgan fingerprint density at radius 2 is 1.53 bits per heavy atom. The lowest BCUT2D eigenvalue weighted by Crippen LogP contribution is -2.46. The number of benzene rings is 3. The van der Waals surface area contributed by atoms with Crippen molar-refractivity contribution in [3.63, 3.8) is 0 Å². The Morgan fingerprint density at radius 1 is 0.941 bits per heavy atom. The number of hydrogen-bond donors (Lipinski definition) is 1. The fourth-order valence-corrected chi connectivity index (χ4v) is 5.84. The van der Waals surface area contributed by atoms with E-state index in [1.54, 1.807) is 66.7 Å². The first-order valence-electron chi connectivity index (χ1n) is 10.9. The van der Waals surface area contributed by atoms with E-state index < -0.39 is 35.3 Å². The topological polar surface area (TPSA) is 69.7 Å². The number of carbonyl (C=O) groups is 3. The van der Waals surface area contributed by atoms with Gasteiger partial charge in [-0.1, -0.05) is 78.9 Å². The van der Waals surface area contributed by atoms with Crippen molar-refractivity contribution in [2.75, 3.05) is 18.8 Å². The zero-order valence-electron chi connectivity index (χ0n) is 18.2. The fraction of sp³-hybridized carbons (Fsp3) is 0.192. The van der Waals surface area contributed by atoms with Gasteiger partial charge in [-0.15, -0.1) is 11.8 Å². The first-order chi connectivity index (χ1) is 16.5. The summed E-state index contributed by atoms with van der Waals surface area (Å²) in [6.07, 6.45) is 0. The highest BCUT2D eigenvalue weighted by atomic mass is 32.2. The fourth-order valence-electron chi connectivity index (χ4n) is 4.54. The number of carbonyl (C=O) groups excluding carboxylic acids is 3. The maximum absolute atomic E-state index is 14.4. The minimum atomic E-state index is -1.43. The van der Waals surface area contributed by atoms with Crippen LogP contribution in [0.4, 0.5) is 9.18 Å². The zero-order valence-corrected chi connectivity index (χ0v) is 19.0. The lowest BCUT2D eigenvalue weighted by atomic mass is 9.82. The van der Waals surface area contributed by atoms with Crippen molar-refractivity contribution in [2.24, 2.45) is 0 Å². The maximum Gasteiger partial charge on any atom is 0.326 e. The van der Waals surface area contributed by atoms with Crippen LogP contribution in [0.2, 0.25) is 0 Å². The van der Waals surface area contributed by atoms with Crippen LogP contribution in [0.3, 0.4) is 0 Å². The summed E-state index contributed by atoms with van der Waals surface area (Å²) >= 11 is 1.46. The van der Waals surface area contributed by atoms with Crippen molar-refractivity contribution in [1.82, 2.24) is 15.1 Å². The molecule has 3 aromatic carbocycles. The summed E-state index contributed by atoms with van der Waals surface area (Å²) in [6, 6.07) is 23.7. The van der Waals surface area contributed by atoms with Crippen molar-refractivity contribution in [3.05, 3.63) is 107 Å². The molecule has 0 unspecified atom stereocenters. The number of rotatable bonds is 5. The van der Waals surface area contributed by atoms with Crippen LogP contribution >= 0.6 is 11.8 Å². The molecule has 2 fully saturated rings. The molecule has 1 N–H and O–H groups in total. The summed E-state index contributed by atoms with van der Waals surface area (Å²) in [4.78, 5) is 42.6. The van der Waals surface area contributed by atoms with Crippen LogP contribution in [0.5, 0.6) is 0 Å². The van der Waals surface area contributed by atoms with E-state index in [1.807, 2.05) is 12.1 Å². The minimum Gasteiger partial charge on any atom is -0.324 e. The number of halogens is 1. The Morgan fingerprint density at radius 3 is 2.15 bits per heavy atom. The average Bonchev–Trinajstić information content (AvgIpc) is 3.45. The highest BCUT2D eigenvalue weighted by Crippen LogP contribution is 2.40. The molecule has 6 nitrogen and oxygen atoms in total. The second-order valence-corrected chi connectivity index (χ2v) is 9.32. The predicted octanol–water partition coefficient (Wildman–Crippen LogP) is 3.90. The van der Waals surface area contributed by atoms with Crippen LogP contribution in [0, 0.1) is 5.82 Å².